The van der Waals surface area contributed by atoms with Crippen molar-refractivity contribution >= 4 is 29.5 Å². The van der Waals surface area contributed by atoms with Crippen molar-refractivity contribution in [1.29, 1.82) is 0 Å². The molecule has 2 aromatic rings. The summed E-state index contributed by atoms with van der Waals surface area (Å²) in [4.78, 5) is 57.5. The maximum Gasteiger partial charge on any atom is 0.410 e. The molecule has 10 nitrogen and oxygen atoms in total. The van der Waals surface area contributed by atoms with Crippen molar-refractivity contribution in [2.45, 2.75) is 110 Å². The van der Waals surface area contributed by atoms with Crippen molar-refractivity contribution in [3.05, 3.63) is 64.7 Å². The molecule has 3 unspecified atom stereocenters. The number of nitrogens with zero attached hydrogens (tertiary/aromatic N) is 2. The average Bonchev–Trinajstić information content (AvgIpc) is 2.96. The van der Waals surface area contributed by atoms with Crippen LogP contribution in [0.15, 0.2) is 42.5 Å². The highest BCUT2D eigenvalue weighted by Gasteiger charge is 2.43. The van der Waals surface area contributed by atoms with Crippen LogP contribution in [0.5, 0.6) is 0 Å². The number of carbonyl (C=O) groups is 4. The second-order valence-electron chi connectivity index (χ2n) is 14.4. The number of amides is 4. The molecule has 4 atom stereocenters. The maximum absolute atomic E-state index is 14.5. The number of hydrogen-bond donors (Lipinski definition) is 3. The summed E-state index contributed by atoms with van der Waals surface area (Å²) in [6, 6.07) is 10.9. The minimum Gasteiger partial charge on any atom is -0.444 e. The summed E-state index contributed by atoms with van der Waals surface area (Å²) < 4.78 is 5.43. The van der Waals surface area contributed by atoms with Gasteiger partial charge in [0.05, 0.1) is 6.04 Å². The molecule has 4 rings (SSSR count). The lowest BCUT2D eigenvalue weighted by molar-refractivity contribution is -0.147. The molecule has 0 saturated carbocycles. The van der Waals surface area contributed by atoms with E-state index in [1.807, 2.05) is 51.1 Å². The van der Waals surface area contributed by atoms with Gasteiger partial charge in [-0.05, 0) is 86.8 Å². The van der Waals surface area contributed by atoms with E-state index < -0.39 is 41.1 Å². The monoisotopic (exact) mass is 619 g/mol. The molecule has 0 aromatic heterocycles. The van der Waals surface area contributed by atoms with Gasteiger partial charge in [-0.25, -0.2) is 4.79 Å². The van der Waals surface area contributed by atoms with Crippen LogP contribution in [0.3, 0.4) is 0 Å². The van der Waals surface area contributed by atoms with Crippen LogP contribution in [0.2, 0.25) is 0 Å². The molecule has 4 amide bonds. The molecular formula is C35H49N5O5. The minimum absolute atomic E-state index is 0.144. The lowest BCUT2D eigenvalue weighted by atomic mass is 9.83. The molecule has 2 aromatic carbocycles. The van der Waals surface area contributed by atoms with Crippen LogP contribution in [-0.2, 0) is 38.5 Å². The Kier molecular flexibility index (Phi) is 9.85. The molecule has 1 aliphatic heterocycles. The zero-order valence-electron chi connectivity index (χ0n) is 27.9. The maximum atomic E-state index is 14.5. The second kappa shape index (κ2) is 13.1. The van der Waals surface area contributed by atoms with Gasteiger partial charge < -0.3 is 26.0 Å². The number of hydrogen-bond acceptors (Lipinski definition) is 6. The first-order valence-corrected chi connectivity index (χ1v) is 15.8. The average molecular weight is 620 g/mol. The summed E-state index contributed by atoms with van der Waals surface area (Å²) in [5.74, 6) is -1.11. The summed E-state index contributed by atoms with van der Waals surface area (Å²) in [7, 11) is 1.49. The Hall–Kier alpha value is -4.08. The van der Waals surface area contributed by atoms with Crippen LogP contribution in [0.4, 0.5) is 10.5 Å². The lowest BCUT2D eigenvalue weighted by Gasteiger charge is -2.42. The molecule has 2 aliphatic rings. The van der Waals surface area contributed by atoms with Gasteiger partial charge in [0.15, 0.2) is 0 Å². The molecule has 0 spiro atoms. The smallest absolute Gasteiger partial charge is 0.410 e. The van der Waals surface area contributed by atoms with E-state index in [4.69, 9.17) is 10.5 Å². The first-order valence-electron chi connectivity index (χ1n) is 15.8. The van der Waals surface area contributed by atoms with Crippen LogP contribution >= 0.6 is 0 Å². The highest BCUT2D eigenvalue weighted by Crippen LogP contribution is 2.32. The first kappa shape index (κ1) is 33.8. The van der Waals surface area contributed by atoms with E-state index in [1.165, 1.54) is 17.5 Å². The molecule has 0 fully saturated rings. The number of anilines is 1. The normalized spacial score (nSPS) is 19.3. The van der Waals surface area contributed by atoms with Crippen LogP contribution in [-0.4, -0.2) is 64.4 Å². The molecule has 4 N–H and O–H groups in total. The fourth-order valence-corrected chi connectivity index (χ4v) is 5.99. The zero-order chi connectivity index (χ0) is 33.3. The predicted octanol–water partition coefficient (Wildman–Crippen LogP) is 4.50. The molecule has 45 heavy (non-hydrogen) atoms. The largest absolute Gasteiger partial charge is 0.444 e. The van der Waals surface area contributed by atoms with Crippen LogP contribution in [0.1, 0.15) is 89.6 Å². The molecular weight excluding hydrogens is 570 g/mol. The summed E-state index contributed by atoms with van der Waals surface area (Å²) in [5.41, 5.74) is 9.41. The van der Waals surface area contributed by atoms with Gasteiger partial charge in [-0.2, -0.15) is 0 Å². The van der Waals surface area contributed by atoms with Crippen molar-refractivity contribution < 1.29 is 23.9 Å². The number of nitrogens with one attached hydrogen (secondary N) is 2. The number of nitrogens with two attached hydrogens (primary N) is 1. The van der Waals surface area contributed by atoms with Gasteiger partial charge in [-0.3, -0.25) is 19.3 Å². The third-order valence-electron chi connectivity index (χ3n) is 8.67. The number of carbonyl (C=O) groups excluding carboxylic acids is 4. The van der Waals surface area contributed by atoms with Gasteiger partial charge >= 0.3 is 6.09 Å². The molecule has 244 valence electrons. The topological polar surface area (TPSA) is 134 Å². The Balaban J connectivity index is 1.61. The highest BCUT2D eigenvalue weighted by atomic mass is 16.6. The van der Waals surface area contributed by atoms with Gasteiger partial charge in [0.25, 0.3) is 0 Å². The van der Waals surface area contributed by atoms with Crippen LogP contribution in [0.25, 0.3) is 0 Å². The van der Waals surface area contributed by atoms with Crippen LogP contribution < -0.4 is 16.4 Å². The van der Waals surface area contributed by atoms with Gasteiger partial charge in [0.2, 0.25) is 17.7 Å². The van der Waals surface area contributed by atoms with E-state index in [0.717, 1.165) is 36.0 Å². The third-order valence-corrected chi connectivity index (χ3v) is 8.67. The minimum atomic E-state index is -0.979. The lowest BCUT2D eigenvalue weighted by Crippen LogP contribution is -2.62. The van der Waals surface area contributed by atoms with Crippen molar-refractivity contribution in [2.75, 3.05) is 12.8 Å². The quantitative estimate of drug-likeness (QED) is 0.408. The number of ether oxygens (including phenoxy) is 1. The van der Waals surface area contributed by atoms with E-state index >= 15 is 0 Å². The number of fused-ring (bicyclic) bond motifs is 2. The highest BCUT2D eigenvalue weighted by molar-refractivity contribution is 5.94. The van der Waals surface area contributed by atoms with Gasteiger partial charge in [0, 0.05) is 25.7 Å². The molecule has 0 bridgehead atoms. The molecule has 1 heterocycles. The van der Waals surface area contributed by atoms with Crippen molar-refractivity contribution in [3.8, 4) is 0 Å². The van der Waals surface area contributed by atoms with Crippen LogP contribution in [0, 0.1) is 5.41 Å². The van der Waals surface area contributed by atoms with Crippen molar-refractivity contribution in [1.82, 2.24) is 20.4 Å². The fraction of sp³-hybridized carbons (Fsp3) is 0.543. The zero-order valence-corrected chi connectivity index (χ0v) is 27.9. The Bertz CT molecular complexity index is 1440. The van der Waals surface area contributed by atoms with E-state index in [9.17, 15) is 19.2 Å². The Morgan fingerprint density at radius 2 is 1.69 bits per heavy atom. The number of rotatable bonds is 6. The van der Waals surface area contributed by atoms with E-state index in [0.29, 0.717) is 12.1 Å². The molecule has 0 saturated heterocycles. The summed E-state index contributed by atoms with van der Waals surface area (Å²) in [6.07, 6.45) is 2.44. The Morgan fingerprint density at radius 1 is 1.00 bits per heavy atom. The van der Waals surface area contributed by atoms with E-state index in [2.05, 4.69) is 22.8 Å². The van der Waals surface area contributed by atoms with Gasteiger partial charge in [-0.15, -0.1) is 0 Å². The SMILES string of the molecule is C[C@@H](C(=O)NC(C(=O)N1Cc2cc(N)ccc2CC1C(=O)NC1CCCc2ccccc21)C(C)(C)C)N(C)C(=O)OC(C)(C)C. The number of aryl methyl sites for hydroxylation is 1. The fourth-order valence-electron chi connectivity index (χ4n) is 5.99. The van der Waals surface area contributed by atoms with Crippen molar-refractivity contribution in [2.24, 2.45) is 5.41 Å². The second-order valence-corrected chi connectivity index (χ2v) is 14.4. The summed E-state index contributed by atoms with van der Waals surface area (Å²) in [6.45, 7) is 12.6. The molecule has 0 radical (unpaired) electrons. The van der Waals surface area contributed by atoms with Crippen molar-refractivity contribution in [3.63, 3.8) is 0 Å². The Morgan fingerprint density at radius 3 is 2.36 bits per heavy atom. The van der Waals surface area contributed by atoms with E-state index in [1.54, 1.807) is 32.6 Å². The standard InChI is InChI=1S/C35H49N5O5/c1-21(39(8)33(44)45-35(5,6)7)30(41)38-29(34(2,3)4)32(43)40-20-24-18-25(36)17-16-23(24)19-28(40)31(42)37-27-15-11-13-22-12-9-10-14-26(22)27/h9-10,12,14,16-18,21,27-29H,11,13,15,19-20,36H2,1-8H3,(H,37,42)(H,38,41)/t21-,27?,28?,29?/m0/s1. The van der Waals surface area contributed by atoms with Gasteiger partial charge in [-0.1, -0.05) is 51.1 Å². The van der Waals surface area contributed by atoms with E-state index in [-0.39, 0.29) is 24.4 Å². The number of benzene rings is 2. The molecule has 10 heteroatoms. The Labute approximate surface area is 267 Å². The summed E-state index contributed by atoms with van der Waals surface area (Å²) >= 11 is 0. The number of nitrogen functional groups attached to an aromatic ring is 1. The number of likely N-dealkylation sites (N-methyl/N-ethyl adjacent to an activating group) is 1. The summed E-state index contributed by atoms with van der Waals surface area (Å²) in [5, 5.41) is 6.16. The molecule has 1 aliphatic carbocycles. The third kappa shape index (κ3) is 7.96. The predicted molar refractivity (Wildman–Crippen MR) is 174 cm³/mol. The van der Waals surface area contributed by atoms with Gasteiger partial charge in [0.1, 0.15) is 23.7 Å². The first-order chi connectivity index (χ1) is 21.0.